The number of hydrogen-bond acceptors (Lipinski definition) is 6. The molecule has 3 fully saturated rings. The van der Waals surface area contributed by atoms with Crippen molar-refractivity contribution in [3.8, 4) is 5.75 Å². The van der Waals surface area contributed by atoms with Crippen molar-refractivity contribution in [3.05, 3.63) is 106 Å². The van der Waals surface area contributed by atoms with E-state index < -0.39 is 35.0 Å². The van der Waals surface area contributed by atoms with E-state index in [1.165, 1.54) is 17.0 Å². The fourth-order valence-electron chi connectivity index (χ4n) is 8.44. The Balaban J connectivity index is 1.48. The van der Waals surface area contributed by atoms with E-state index in [9.17, 15) is 19.5 Å². The first-order valence-electron chi connectivity index (χ1n) is 15.1. The summed E-state index contributed by atoms with van der Waals surface area (Å²) >= 11 is 0. The fourth-order valence-corrected chi connectivity index (χ4v) is 8.44. The molecule has 0 radical (unpaired) electrons. The molecule has 7 rings (SSSR count). The van der Waals surface area contributed by atoms with Gasteiger partial charge in [0.25, 0.3) is 11.8 Å². The fraction of sp³-hybridized carbons (Fsp3) is 0.333. The van der Waals surface area contributed by atoms with Crippen molar-refractivity contribution >= 4 is 29.3 Å². The lowest BCUT2D eigenvalue weighted by molar-refractivity contribution is -0.140. The Morgan fingerprint density at radius 1 is 0.841 bits per heavy atom. The number of hydrazine groups is 1. The van der Waals surface area contributed by atoms with Gasteiger partial charge in [-0.2, -0.15) is 5.01 Å². The zero-order valence-electron chi connectivity index (χ0n) is 25.2. The van der Waals surface area contributed by atoms with Gasteiger partial charge in [0.1, 0.15) is 5.75 Å². The molecule has 0 bridgehead atoms. The SMILES string of the molecule is Cc1ccc(NN2C(=O)[C@@H]3C[C@@H]4C(=CC[C@@H]5C(=O)N(C)C(=O)[C@@H]54)[C@H](c4cc(C)c(O)c(C)c4)[C@]3(c3ccccc3)C2=O)cc1. The van der Waals surface area contributed by atoms with Gasteiger partial charge >= 0.3 is 0 Å². The number of nitrogens with zero attached hydrogens (tertiary/aromatic N) is 2. The van der Waals surface area contributed by atoms with Crippen LogP contribution in [0.25, 0.3) is 0 Å². The highest BCUT2D eigenvalue weighted by atomic mass is 16.3. The number of nitrogens with one attached hydrogen (secondary N) is 1. The van der Waals surface area contributed by atoms with Crippen molar-refractivity contribution in [2.24, 2.45) is 23.7 Å². The molecule has 4 amide bonds. The molecule has 1 saturated carbocycles. The molecule has 4 aliphatic rings. The maximum absolute atomic E-state index is 15.1. The van der Waals surface area contributed by atoms with Gasteiger partial charge in [-0.15, -0.1) is 0 Å². The first kappa shape index (κ1) is 28.1. The monoisotopic (exact) mass is 589 g/mol. The van der Waals surface area contributed by atoms with Crippen LogP contribution in [0.5, 0.6) is 5.75 Å². The summed E-state index contributed by atoms with van der Waals surface area (Å²) < 4.78 is 0. The average Bonchev–Trinajstić information content (AvgIpc) is 3.37. The van der Waals surface area contributed by atoms with Crippen LogP contribution < -0.4 is 5.43 Å². The third-order valence-corrected chi connectivity index (χ3v) is 10.5. The van der Waals surface area contributed by atoms with Crippen LogP contribution in [0.2, 0.25) is 0 Å². The number of amides is 4. The van der Waals surface area contributed by atoms with Crippen LogP contribution in [0.1, 0.15) is 46.6 Å². The number of rotatable bonds is 4. The Labute approximate surface area is 256 Å². The van der Waals surface area contributed by atoms with E-state index in [1.54, 1.807) is 0 Å². The standard InChI is InChI=1S/C36H35N3O5/c1-19-10-12-24(13-11-19)37-39-33(42)28-18-27-25(14-15-26-29(27)34(43)38(4)32(26)41)30(22-16-20(2)31(40)21(3)17-22)36(28,35(39)44)23-8-6-5-7-9-23/h5-14,16-17,26-30,37,40H,15,18H2,1-4H3/t26-,27+,28-,29-,30-,36+/m0/s1. The minimum Gasteiger partial charge on any atom is -0.507 e. The molecular formula is C36H35N3O5. The zero-order chi connectivity index (χ0) is 31.1. The minimum atomic E-state index is -1.32. The molecule has 0 aromatic heterocycles. The molecular weight excluding hydrogens is 554 g/mol. The lowest BCUT2D eigenvalue weighted by Crippen LogP contribution is -2.53. The average molecular weight is 590 g/mol. The molecule has 2 aliphatic carbocycles. The highest BCUT2D eigenvalue weighted by molar-refractivity contribution is 6.13. The Hall–Kier alpha value is -4.72. The predicted molar refractivity (Wildman–Crippen MR) is 164 cm³/mol. The molecule has 0 spiro atoms. The van der Waals surface area contributed by atoms with E-state index in [2.05, 4.69) is 5.43 Å². The number of carbonyl (C=O) groups is 4. The second-order valence-corrected chi connectivity index (χ2v) is 12.8. The number of likely N-dealkylation sites (tertiary alicyclic amines) is 1. The number of anilines is 1. The molecule has 3 aromatic rings. The Morgan fingerprint density at radius 3 is 2.16 bits per heavy atom. The number of phenols is 1. The molecule has 44 heavy (non-hydrogen) atoms. The highest BCUT2D eigenvalue weighted by Crippen LogP contribution is 2.64. The smallest absolute Gasteiger partial charge is 0.260 e. The largest absolute Gasteiger partial charge is 0.507 e. The Bertz CT molecular complexity index is 1740. The number of aryl methyl sites for hydroxylation is 3. The van der Waals surface area contributed by atoms with Crippen molar-refractivity contribution in [2.75, 3.05) is 12.5 Å². The molecule has 2 aliphatic heterocycles. The molecule has 2 saturated heterocycles. The maximum Gasteiger partial charge on any atom is 0.260 e. The van der Waals surface area contributed by atoms with Gasteiger partial charge in [-0.1, -0.05) is 71.8 Å². The van der Waals surface area contributed by atoms with Crippen LogP contribution in [0.3, 0.4) is 0 Å². The number of hydrogen-bond donors (Lipinski definition) is 2. The first-order valence-corrected chi connectivity index (χ1v) is 15.1. The molecule has 2 N–H and O–H groups in total. The van der Waals surface area contributed by atoms with Crippen molar-refractivity contribution in [1.82, 2.24) is 9.91 Å². The first-order chi connectivity index (χ1) is 21.0. The summed E-state index contributed by atoms with van der Waals surface area (Å²) in [6.45, 7) is 5.62. The number of imide groups is 2. The second-order valence-electron chi connectivity index (χ2n) is 12.8. The molecule has 224 valence electrons. The summed E-state index contributed by atoms with van der Waals surface area (Å²) in [5.41, 5.74) is 7.21. The third kappa shape index (κ3) is 3.76. The van der Waals surface area contributed by atoms with Crippen LogP contribution in [-0.4, -0.2) is 45.7 Å². The van der Waals surface area contributed by atoms with E-state index in [4.69, 9.17) is 0 Å². The number of allylic oxidation sites excluding steroid dienone is 2. The van der Waals surface area contributed by atoms with E-state index in [0.717, 1.165) is 22.3 Å². The van der Waals surface area contributed by atoms with E-state index in [-0.39, 0.29) is 35.8 Å². The van der Waals surface area contributed by atoms with Crippen LogP contribution in [-0.2, 0) is 24.6 Å². The van der Waals surface area contributed by atoms with Gasteiger partial charge in [-0.05, 0) is 73.9 Å². The number of carbonyl (C=O) groups excluding carboxylic acids is 4. The lowest BCUT2D eigenvalue weighted by Gasteiger charge is -2.50. The lowest BCUT2D eigenvalue weighted by atomic mass is 9.49. The van der Waals surface area contributed by atoms with Crippen molar-refractivity contribution in [2.45, 2.75) is 44.9 Å². The number of benzene rings is 3. The molecule has 8 heteroatoms. The van der Waals surface area contributed by atoms with Crippen LogP contribution in [0.15, 0.2) is 78.4 Å². The van der Waals surface area contributed by atoms with Gasteiger partial charge < -0.3 is 5.11 Å². The van der Waals surface area contributed by atoms with E-state index in [0.29, 0.717) is 23.2 Å². The summed E-state index contributed by atoms with van der Waals surface area (Å²) in [5.74, 6) is -3.85. The molecule has 6 atom stereocenters. The van der Waals surface area contributed by atoms with Crippen molar-refractivity contribution < 1.29 is 24.3 Å². The van der Waals surface area contributed by atoms with Gasteiger partial charge in [0.2, 0.25) is 11.8 Å². The van der Waals surface area contributed by atoms with Crippen LogP contribution in [0, 0.1) is 44.4 Å². The van der Waals surface area contributed by atoms with E-state index >= 15 is 4.79 Å². The minimum absolute atomic E-state index is 0.179. The van der Waals surface area contributed by atoms with Crippen molar-refractivity contribution in [1.29, 1.82) is 0 Å². The summed E-state index contributed by atoms with van der Waals surface area (Å²) in [4.78, 5) is 57.6. The van der Waals surface area contributed by atoms with Gasteiger partial charge in [-0.25, -0.2) is 0 Å². The summed E-state index contributed by atoms with van der Waals surface area (Å²) in [6, 6.07) is 20.8. The Kier molecular flexibility index (Phi) is 6.32. The number of phenolic OH excluding ortho intramolecular Hbond substituents is 1. The van der Waals surface area contributed by atoms with Gasteiger partial charge in [-0.3, -0.25) is 29.5 Å². The molecule has 8 nitrogen and oxygen atoms in total. The van der Waals surface area contributed by atoms with Gasteiger partial charge in [0, 0.05) is 13.0 Å². The third-order valence-electron chi connectivity index (χ3n) is 10.5. The van der Waals surface area contributed by atoms with Crippen LogP contribution in [0.4, 0.5) is 5.69 Å². The molecule has 3 aromatic carbocycles. The maximum atomic E-state index is 15.1. The second kappa shape index (κ2) is 9.91. The normalized spacial score (nSPS) is 29.4. The van der Waals surface area contributed by atoms with Crippen molar-refractivity contribution in [3.63, 3.8) is 0 Å². The number of fused-ring (bicyclic) bond motifs is 4. The van der Waals surface area contributed by atoms with Gasteiger partial charge in [0.05, 0.1) is 28.9 Å². The molecule has 2 heterocycles. The highest BCUT2D eigenvalue weighted by Gasteiger charge is 2.70. The Morgan fingerprint density at radius 2 is 1.50 bits per heavy atom. The quantitative estimate of drug-likeness (QED) is 0.330. The predicted octanol–water partition coefficient (Wildman–Crippen LogP) is 4.93. The van der Waals surface area contributed by atoms with E-state index in [1.807, 2.05) is 93.6 Å². The van der Waals surface area contributed by atoms with Gasteiger partial charge in [0.15, 0.2) is 0 Å². The summed E-state index contributed by atoms with van der Waals surface area (Å²) in [5, 5.41) is 11.9. The topological polar surface area (TPSA) is 107 Å². The zero-order valence-corrected chi connectivity index (χ0v) is 25.2. The van der Waals surface area contributed by atoms with Crippen LogP contribution >= 0.6 is 0 Å². The summed E-state index contributed by atoms with van der Waals surface area (Å²) in [7, 11) is 1.53. The number of aromatic hydroxyl groups is 1. The molecule has 0 unspecified atom stereocenters. The summed E-state index contributed by atoms with van der Waals surface area (Å²) in [6.07, 6.45) is 2.70.